The van der Waals surface area contributed by atoms with Crippen molar-refractivity contribution in [2.75, 3.05) is 18.9 Å². The minimum Gasteiger partial charge on any atom is -0.461 e. The van der Waals surface area contributed by atoms with E-state index < -0.39 is 0 Å². The summed E-state index contributed by atoms with van der Waals surface area (Å²) in [5.41, 5.74) is 7.10. The van der Waals surface area contributed by atoms with Crippen molar-refractivity contribution in [3.05, 3.63) is 29.8 Å². The molecule has 1 aromatic rings. The van der Waals surface area contributed by atoms with Gasteiger partial charge in [-0.1, -0.05) is 27.2 Å². The molecule has 0 aromatic heterocycles. The number of nitrogen functional groups attached to an aromatic ring is 1. The second kappa shape index (κ2) is 7.14. The molecule has 0 saturated heterocycles. The van der Waals surface area contributed by atoms with Gasteiger partial charge in [0.2, 0.25) is 0 Å². The third kappa shape index (κ3) is 4.23. The molecule has 122 valence electrons. The van der Waals surface area contributed by atoms with Gasteiger partial charge < -0.3 is 15.8 Å². The molecule has 0 spiro atoms. The first kappa shape index (κ1) is 16.8. The lowest BCUT2D eigenvalue weighted by atomic mass is 9.68. The van der Waals surface area contributed by atoms with Gasteiger partial charge in [-0.3, -0.25) is 0 Å². The highest BCUT2D eigenvalue weighted by Gasteiger charge is 2.36. The number of nitrogens with two attached hydrogens (primary N) is 1. The van der Waals surface area contributed by atoms with Crippen LogP contribution in [-0.4, -0.2) is 25.2 Å². The van der Waals surface area contributed by atoms with E-state index in [9.17, 15) is 4.79 Å². The minimum atomic E-state index is -0.294. The van der Waals surface area contributed by atoms with Crippen LogP contribution in [0, 0.1) is 11.3 Å². The van der Waals surface area contributed by atoms with Gasteiger partial charge in [-0.15, -0.1) is 0 Å². The van der Waals surface area contributed by atoms with Crippen LogP contribution in [0.5, 0.6) is 0 Å². The lowest BCUT2D eigenvalue weighted by Crippen LogP contribution is -2.49. The van der Waals surface area contributed by atoms with Crippen molar-refractivity contribution in [3.63, 3.8) is 0 Å². The highest BCUT2D eigenvalue weighted by Crippen LogP contribution is 2.38. The van der Waals surface area contributed by atoms with E-state index in [2.05, 4.69) is 26.1 Å². The highest BCUT2D eigenvalue weighted by molar-refractivity contribution is 5.89. The Morgan fingerprint density at radius 2 is 2.05 bits per heavy atom. The number of hydrogen-bond acceptors (Lipinski definition) is 4. The van der Waals surface area contributed by atoms with Gasteiger partial charge in [-0.25, -0.2) is 4.79 Å². The Balaban J connectivity index is 1.76. The van der Waals surface area contributed by atoms with E-state index >= 15 is 0 Å². The number of benzene rings is 1. The number of esters is 1. The molecule has 0 bridgehead atoms. The lowest BCUT2D eigenvalue weighted by molar-refractivity contribution is 0.0482. The van der Waals surface area contributed by atoms with Crippen LogP contribution in [-0.2, 0) is 4.74 Å². The Kier molecular flexibility index (Phi) is 5.46. The number of nitrogens with one attached hydrogen (secondary N) is 1. The van der Waals surface area contributed by atoms with Gasteiger partial charge in [-0.05, 0) is 48.4 Å². The van der Waals surface area contributed by atoms with Gasteiger partial charge in [0.05, 0.1) is 5.56 Å². The number of hydrogen-bond donors (Lipinski definition) is 2. The fourth-order valence-corrected chi connectivity index (χ4v) is 3.51. The fourth-order valence-electron chi connectivity index (χ4n) is 3.51. The Labute approximate surface area is 133 Å². The van der Waals surface area contributed by atoms with Crippen molar-refractivity contribution in [3.8, 4) is 0 Å². The van der Waals surface area contributed by atoms with E-state index in [0.29, 0.717) is 41.8 Å². The molecule has 1 fully saturated rings. The van der Waals surface area contributed by atoms with Crippen molar-refractivity contribution in [1.82, 2.24) is 5.32 Å². The molecule has 0 amide bonds. The zero-order valence-electron chi connectivity index (χ0n) is 13.9. The number of rotatable bonds is 5. The van der Waals surface area contributed by atoms with Gasteiger partial charge >= 0.3 is 5.97 Å². The molecule has 2 rings (SSSR count). The van der Waals surface area contributed by atoms with Gasteiger partial charge in [0.25, 0.3) is 0 Å². The molecule has 2 atom stereocenters. The Morgan fingerprint density at radius 1 is 1.36 bits per heavy atom. The maximum atomic E-state index is 11.9. The van der Waals surface area contributed by atoms with E-state index in [0.717, 1.165) is 0 Å². The summed E-state index contributed by atoms with van der Waals surface area (Å²) in [5.74, 6) is 0.370. The van der Waals surface area contributed by atoms with Gasteiger partial charge in [0.15, 0.2) is 0 Å². The molecule has 3 N–H and O–H groups in total. The molecular weight excluding hydrogens is 276 g/mol. The maximum Gasteiger partial charge on any atom is 0.338 e. The van der Waals surface area contributed by atoms with E-state index in [1.807, 2.05) is 0 Å². The van der Waals surface area contributed by atoms with Gasteiger partial charge in [0.1, 0.15) is 6.61 Å². The first-order valence-corrected chi connectivity index (χ1v) is 8.16. The molecule has 0 aliphatic heterocycles. The van der Waals surface area contributed by atoms with Crippen LogP contribution < -0.4 is 11.1 Å². The minimum absolute atomic E-state index is 0.294. The number of carbonyl (C=O) groups is 1. The zero-order chi connectivity index (χ0) is 16.2. The molecule has 1 aliphatic carbocycles. The summed E-state index contributed by atoms with van der Waals surface area (Å²) < 4.78 is 5.32. The summed E-state index contributed by atoms with van der Waals surface area (Å²) >= 11 is 0. The summed E-state index contributed by atoms with van der Waals surface area (Å²) in [4.78, 5) is 11.9. The monoisotopic (exact) mass is 304 g/mol. The normalized spacial score (nSPS) is 24.0. The second-order valence-electron chi connectivity index (χ2n) is 7.05. The average Bonchev–Trinajstić information content (AvgIpc) is 2.46. The standard InChI is InChI=1S/C18H28N2O2/c1-13-5-4-10-18(2,3)16(13)20-11-12-22-17(21)14-6-8-15(19)9-7-14/h6-9,13,16,20H,4-5,10-12,19H2,1-3H3/t13-,16+/m0/s1. The fraction of sp³-hybridized carbons (Fsp3) is 0.611. The van der Waals surface area contributed by atoms with Crippen molar-refractivity contribution >= 4 is 11.7 Å². The summed E-state index contributed by atoms with van der Waals surface area (Å²) in [6.07, 6.45) is 3.82. The molecular formula is C18H28N2O2. The van der Waals surface area contributed by atoms with Crippen molar-refractivity contribution in [2.24, 2.45) is 11.3 Å². The smallest absolute Gasteiger partial charge is 0.338 e. The summed E-state index contributed by atoms with van der Waals surface area (Å²) in [5, 5.41) is 3.58. The number of anilines is 1. The maximum absolute atomic E-state index is 11.9. The van der Waals surface area contributed by atoms with Crippen molar-refractivity contribution in [1.29, 1.82) is 0 Å². The molecule has 0 unspecified atom stereocenters. The molecule has 22 heavy (non-hydrogen) atoms. The molecule has 4 nitrogen and oxygen atoms in total. The Hall–Kier alpha value is -1.55. The first-order valence-electron chi connectivity index (χ1n) is 8.16. The molecule has 1 saturated carbocycles. The SMILES string of the molecule is C[C@H]1CCCC(C)(C)[C@@H]1NCCOC(=O)c1ccc(N)cc1. The summed E-state index contributed by atoms with van der Waals surface area (Å²) in [6, 6.07) is 7.29. The Bertz CT molecular complexity index is 496. The summed E-state index contributed by atoms with van der Waals surface area (Å²) in [7, 11) is 0. The zero-order valence-corrected chi connectivity index (χ0v) is 13.9. The van der Waals surface area contributed by atoms with Gasteiger partial charge in [0, 0.05) is 18.3 Å². The third-order valence-electron chi connectivity index (χ3n) is 4.74. The third-order valence-corrected chi connectivity index (χ3v) is 4.74. The van der Waals surface area contributed by atoms with E-state index in [-0.39, 0.29) is 5.97 Å². The Morgan fingerprint density at radius 3 is 2.68 bits per heavy atom. The predicted molar refractivity (Wildman–Crippen MR) is 89.7 cm³/mol. The molecule has 0 radical (unpaired) electrons. The van der Waals surface area contributed by atoms with Crippen LogP contribution in [0.4, 0.5) is 5.69 Å². The molecule has 1 aromatic carbocycles. The summed E-state index contributed by atoms with van der Waals surface area (Å²) in [6.45, 7) is 8.03. The van der Waals surface area contributed by atoms with Crippen LogP contribution in [0.15, 0.2) is 24.3 Å². The predicted octanol–water partition coefficient (Wildman–Crippen LogP) is 3.23. The number of carbonyl (C=O) groups excluding carboxylic acids is 1. The molecule has 1 aliphatic rings. The van der Waals surface area contributed by atoms with E-state index in [4.69, 9.17) is 10.5 Å². The van der Waals surface area contributed by atoms with Crippen LogP contribution in [0.25, 0.3) is 0 Å². The lowest BCUT2D eigenvalue weighted by Gasteiger charge is -2.43. The second-order valence-corrected chi connectivity index (χ2v) is 7.05. The van der Waals surface area contributed by atoms with E-state index in [1.165, 1.54) is 19.3 Å². The number of ether oxygens (including phenoxy) is 1. The highest BCUT2D eigenvalue weighted by atomic mass is 16.5. The topological polar surface area (TPSA) is 64.3 Å². The van der Waals surface area contributed by atoms with Crippen LogP contribution >= 0.6 is 0 Å². The van der Waals surface area contributed by atoms with Crippen molar-refractivity contribution in [2.45, 2.75) is 46.1 Å². The van der Waals surface area contributed by atoms with Crippen LogP contribution in [0.1, 0.15) is 50.4 Å². The molecule has 0 heterocycles. The molecule has 4 heteroatoms. The average molecular weight is 304 g/mol. The first-order chi connectivity index (χ1) is 10.4. The quantitative estimate of drug-likeness (QED) is 0.498. The van der Waals surface area contributed by atoms with Crippen molar-refractivity contribution < 1.29 is 9.53 Å². The van der Waals surface area contributed by atoms with Gasteiger partial charge in [-0.2, -0.15) is 0 Å². The van der Waals surface area contributed by atoms with Crippen LogP contribution in [0.2, 0.25) is 0 Å². The van der Waals surface area contributed by atoms with E-state index in [1.54, 1.807) is 24.3 Å². The largest absolute Gasteiger partial charge is 0.461 e. The van der Waals surface area contributed by atoms with Crippen LogP contribution in [0.3, 0.4) is 0 Å².